The van der Waals surface area contributed by atoms with E-state index in [0.29, 0.717) is 43.7 Å². The van der Waals surface area contributed by atoms with E-state index in [0.717, 1.165) is 16.7 Å². The summed E-state index contributed by atoms with van der Waals surface area (Å²) in [5.74, 6) is 0.0509. The van der Waals surface area contributed by atoms with Gasteiger partial charge in [-0.3, -0.25) is 9.59 Å². The third kappa shape index (κ3) is 7.66. The molecule has 0 aromatic heterocycles. The van der Waals surface area contributed by atoms with Gasteiger partial charge in [0.2, 0.25) is 11.8 Å². The number of hydrogen-bond donors (Lipinski definition) is 3. The lowest BCUT2D eigenvalue weighted by atomic mass is 9.93. The SMILES string of the molecule is CC(=CC=C(C)C(C)C)C(=O)NCCCC(Cc1ccccc1)C(=O)NC1c2ccccc2CC1O. The molecular weight excluding hydrogens is 448 g/mol. The van der Waals surface area contributed by atoms with Crippen molar-refractivity contribution in [3.05, 3.63) is 94.6 Å². The third-order valence-corrected chi connectivity index (χ3v) is 7.08. The maximum Gasteiger partial charge on any atom is 0.246 e. The Morgan fingerprint density at radius 3 is 2.44 bits per heavy atom. The van der Waals surface area contributed by atoms with E-state index in [4.69, 9.17) is 0 Å². The molecular formula is C31H40N2O3. The molecule has 3 rings (SSSR count). The van der Waals surface area contributed by atoms with Gasteiger partial charge in [0.05, 0.1) is 12.1 Å². The maximum absolute atomic E-state index is 13.4. The van der Waals surface area contributed by atoms with E-state index in [1.165, 1.54) is 5.57 Å². The van der Waals surface area contributed by atoms with Gasteiger partial charge in [-0.15, -0.1) is 0 Å². The number of benzene rings is 2. The molecule has 2 amide bonds. The van der Waals surface area contributed by atoms with E-state index >= 15 is 0 Å². The Bertz CT molecular complexity index is 1090. The van der Waals surface area contributed by atoms with Crippen molar-refractivity contribution in [3.8, 4) is 0 Å². The highest BCUT2D eigenvalue weighted by molar-refractivity contribution is 5.93. The molecule has 5 heteroatoms. The summed E-state index contributed by atoms with van der Waals surface area (Å²) in [5.41, 5.74) is 5.07. The monoisotopic (exact) mass is 488 g/mol. The topological polar surface area (TPSA) is 78.4 Å². The van der Waals surface area contributed by atoms with Crippen LogP contribution in [0.3, 0.4) is 0 Å². The minimum Gasteiger partial charge on any atom is -0.390 e. The number of allylic oxidation sites excluding steroid dienone is 3. The second kappa shape index (κ2) is 13.2. The average molecular weight is 489 g/mol. The van der Waals surface area contributed by atoms with Gasteiger partial charge in [0.25, 0.3) is 0 Å². The van der Waals surface area contributed by atoms with Gasteiger partial charge in [-0.25, -0.2) is 0 Å². The van der Waals surface area contributed by atoms with Gasteiger partial charge < -0.3 is 15.7 Å². The van der Waals surface area contributed by atoms with E-state index in [1.54, 1.807) is 0 Å². The molecule has 2 aromatic rings. The Kier molecular flexibility index (Phi) is 10.1. The lowest BCUT2D eigenvalue weighted by molar-refractivity contribution is -0.126. The van der Waals surface area contributed by atoms with E-state index in [-0.39, 0.29) is 23.8 Å². The van der Waals surface area contributed by atoms with Crippen LogP contribution in [0.25, 0.3) is 0 Å². The highest BCUT2D eigenvalue weighted by Crippen LogP contribution is 2.31. The minimum absolute atomic E-state index is 0.0590. The summed E-state index contributed by atoms with van der Waals surface area (Å²) < 4.78 is 0. The third-order valence-electron chi connectivity index (χ3n) is 7.08. The molecule has 3 N–H and O–H groups in total. The van der Waals surface area contributed by atoms with Gasteiger partial charge in [0.15, 0.2) is 0 Å². The second-order valence-electron chi connectivity index (χ2n) is 10.2. The highest BCUT2D eigenvalue weighted by Gasteiger charge is 2.33. The number of amides is 2. The van der Waals surface area contributed by atoms with Gasteiger partial charge in [-0.2, -0.15) is 0 Å². The first-order chi connectivity index (χ1) is 17.3. The van der Waals surface area contributed by atoms with Crippen LogP contribution in [0.15, 0.2) is 77.9 Å². The summed E-state index contributed by atoms with van der Waals surface area (Å²) in [6.45, 7) is 8.64. The summed E-state index contributed by atoms with van der Waals surface area (Å²) in [4.78, 5) is 25.8. The molecule has 36 heavy (non-hydrogen) atoms. The molecule has 3 atom stereocenters. The normalized spacial score (nSPS) is 18.6. The number of aliphatic hydroxyl groups excluding tert-OH is 1. The van der Waals surface area contributed by atoms with Gasteiger partial charge in [0.1, 0.15) is 0 Å². The zero-order valence-corrected chi connectivity index (χ0v) is 22.0. The quantitative estimate of drug-likeness (QED) is 0.235. The molecule has 0 saturated carbocycles. The van der Waals surface area contributed by atoms with Gasteiger partial charge in [0, 0.05) is 24.5 Å². The molecule has 5 nitrogen and oxygen atoms in total. The smallest absolute Gasteiger partial charge is 0.246 e. The maximum atomic E-state index is 13.4. The van der Waals surface area contributed by atoms with Crippen LogP contribution >= 0.6 is 0 Å². The molecule has 0 bridgehead atoms. The average Bonchev–Trinajstić information content (AvgIpc) is 3.19. The Labute approximate surface area is 215 Å². The van der Waals surface area contributed by atoms with Crippen LogP contribution in [0, 0.1) is 11.8 Å². The van der Waals surface area contributed by atoms with Crippen LogP contribution in [-0.2, 0) is 22.4 Å². The van der Waals surface area contributed by atoms with Crippen LogP contribution in [0.5, 0.6) is 0 Å². The van der Waals surface area contributed by atoms with Gasteiger partial charge in [-0.1, -0.05) is 86.2 Å². The van der Waals surface area contributed by atoms with Gasteiger partial charge >= 0.3 is 0 Å². The largest absolute Gasteiger partial charge is 0.390 e. The summed E-state index contributed by atoms with van der Waals surface area (Å²) >= 11 is 0. The number of carbonyl (C=O) groups is 2. The van der Waals surface area contributed by atoms with Crippen molar-refractivity contribution >= 4 is 11.8 Å². The van der Waals surface area contributed by atoms with Gasteiger partial charge in [-0.05, 0) is 55.7 Å². The highest BCUT2D eigenvalue weighted by atomic mass is 16.3. The van der Waals surface area contributed by atoms with Crippen molar-refractivity contribution in [2.24, 2.45) is 11.8 Å². The van der Waals surface area contributed by atoms with Crippen LogP contribution in [-0.4, -0.2) is 29.6 Å². The molecule has 0 aliphatic heterocycles. The van der Waals surface area contributed by atoms with Crippen molar-refractivity contribution in [2.45, 2.75) is 65.5 Å². The molecule has 2 aromatic carbocycles. The fraction of sp³-hybridized carbons (Fsp3) is 0.419. The Morgan fingerprint density at radius 2 is 1.72 bits per heavy atom. The van der Waals surface area contributed by atoms with E-state index in [9.17, 15) is 14.7 Å². The van der Waals surface area contributed by atoms with Crippen molar-refractivity contribution in [1.82, 2.24) is 10.6 Å². The molecule has 3 unspecified atom stereocenters. The minimum atomic E-state index is -0.619. The van der Waals surface area contributed by atoms with E-state index in [1.807, 2.05) is 73.7 Å². The number of aliphatic hydroxyl groups is 1. The molecule has 1 aliphatic rings. The zero-order valence-electron chi connectivity index (χ0n) is 22.0. The lowest BCUT2D eigenvalue weighted by Gasteiger charge is -2.23. The second-order valence-corrected chi connectivity index (χ2v) is 10.2. The van der Waals surface area contributed by atoms with E-state index in [2.05, 4.69) is 31.4 Å². The molecule has 0 heterocycles. The zero-order chi connectivity index (χ0) is 26.1. The molecule has 192 valence electrons. The van der Waals surface area contributed by atoms with Crippen molar-refractivity contribution in [1.29, 1.82) is 0 Å². The van der Waals surface area contributed by atoms with Crippen molar-refractivity contribution in [2.75, 3.05) is 6.54 Å². The number of fused-ring (bicyclic) bond motifs is 1. The standard InChI is InChI=1S/C31H40N2O3/c1-21(2)22(3)16-17-23(4)30(35)32-18-10-14-26(19-24-11-6-5-7-12-24)31(36)33-29-27-15-9-8-13-25(27)20-28(29)34/h5-9,11-13,15-17,21,26,28-29,34H,10,14,18-20H2,1-4H3,(H,32,35)(H,33,36). The Morgan fingerprint density at radius 1 is 1.03 bits per heavy atom. The summed E-state index contributed by atoms with van der Waals surface area (Å²) in [5, 5.41) is 16.7. The van der Waals surface area contributed by atoms with E-state index < -0.39 is 6.10 Å². The number of carbonyl (C=O) groups excluding carboxylic acids is 2. The summed E-state index contributed by atoms with van der Waals surface area (Å²) in [7, 11) is 0. The van der Waals surface area contributed by atoms with Crippen LogP contribution in [0.4, 0.5) is 0 Å². The van der Waals surface area contributed by atoms with Crippen molar-refractivity contribution in [3.63, 3.8) is 0 Å². The fourth-order valence-electron chi connectivity index (χ4n) is 4.46. The van der Waals surface area contributed by atoms with Crippen LogP contribution in [0.1, 0.15) is 63.3 Å². The predicted octanol–water partition coefficient (Wildman–Crippen LogP) is 5.06. The first-order valence-corrected chi connectivity index (χ1v) is 13.0. The Hall–Kier alpha value is -3.18. The summed E-state index contributed by atoms with van der Waals surface area (Å²) in [6, 6.07) is 17.5. The lowest BCUT2D eigenvalue weighted by Crippen LogP contribution is -2.39. The number of hydrogen-bond acceptors (Lipinski definition) is 3. The first kappa shape index (κ1) is 27.4. The number of nitrogens with one attached hydrogen (secondary N) is 2. The Balaban J connectivity index is 1.59. The predicted molar refractivity (Wildman–Crippen MR) is 145 cm³/mol. The first-order valence-electron chi connectivity index (χ1n) is 13.0. The fourth-order valence-corrected chi connectivity index (χ4v) is 4.46. The molecule has 0 radical (unpaired) electrons. The molecule has 0 fully saturated rings. The molecule has 0 saturated heterocycles. The van der Waals surface area contributed by atoms with Crippen molar-refractivity contribution < 1.29 is 14.7 Å². The van der Waals surface area contributed by atoms with Crippen LogP contribution in [0.2, 0.25) is 0 Å². The van der Waals surface area contributed by atoms with Crippen LogP contribution < -0.4 is 10.6 Å². The number of rotatable bonds is 11. The summed E-state index contributed by atoms with van der Waals surface area (Å²) in [6.07, 6.45) is 5.73. The molecule has 1 aliphatic carbocycles. The molecule has 0 spiro atoms.